The van der Waals surface area contributed by atoms with Crippen molar-refractivity contribution >= 4 is 78.2 Å². The Balaban J connectivity index is 0.00000285. The Morgan fingerprint density at radius 2 is 0.605 bits per heavy atom. The van der Waals surface area contributed by atoms with Crippen LogP contribution in [-0.2, 0) is 58.3 Å². The predicted octanol–water partition coefficient (Wildman–Crippen LogP) is 32.0. The van der Waals surface area contributed by atoms with Crippen molar-refractivity contribution < 1.29 is 45.5 Å². The first-order chi connectivity index (χ1) is 54.4. The van der Waals surface area contributed by atoms with Crippen LogP contribution in [0.5, 0.6) is 23.0 Å². The van der Waals surface area contributed by atoms with Gasteiger partial charge in [0.2, 0.25) is 0 Å². The van der Waals surface area contributed by atoms with Crippen molar-refractivity contribution in [3.05, 3.63) is 172 Å². The second-order valence-corrected chi connectivity index (χ2v) is 61.2. The molecule has 0 saturated heterocycles. The molecule has 0 spiro atoms. The van der Waals surface area contributed by atoms with Crippen LogP contribution >= 0.6 is 0 Å². The molecule has 0 aliphatic rings. The number of phenolic OH excluding ortho intramolecular Hbond substituents is 2. The first-order valence-electron chi connectivity index (χ1n) is 45.7. The van der Waals surface area contributed by atoms with E-state index in [4.69, 9.17) is 9.47 Å². The van der Waals surface area contributed by atoms with Crippen LogP contribution in [0.15, 0.2) is 121 Å². The van der Waals surface area contributed by atoms with Gasteiger partial charge in [0.15, 0.2) is 0 Å². The molecule has 8 aromatic carbocycles. The zero-order valence-corrected chi connectivity index (χ0v) is 86.2. The molecule has 0 atom stereocenters. The molecular weight excluding hydrogens is 1530 g/mol. The number of ether oxygens (including phenoxy) is 2. The minimum absolute atomic E-state index is 0. The van der Waals surface area contributed by atoms with Gasteiger partial charge in [0.1, 0.15) is 23.0 Å². The molecule has 6 nitrogen and oxygen atoms in total. The van der Waals surface area contributed by atoms with E-state index in [1.165, 1.54) is 154 Å². The van der Waals surface area contributed by atoms with Crippen molar-refractivity contribution in [1.29, 1.82) is 0 Å². The third-order valence-corrected chi connectivity index (χ3v) is 31.9. The third kappa shape index (κ3) is 24.4. The van der Waals surface area contributed by atoms with Crippen molar-refractivity contribution in [3.63, 3.8) is 0 Å². The van der Waals surface area contributed by atoms with Gasteiger partial charge in [-0.05, 0) is 163 Å². The van der Waals surface area contributed by atoms with Crippen LogP contribution in [-0.4, -0.2) is 56.8 Å². The first-order valence-corrected chi connectivity index (χ1v) is 55.9. The van der Waals surface area contributed by atoms with Gasteiger partial charge in [-0.15, -0.1) is 8.07 Å². The number of aryl methyl sites for hydroxylation is 2. The number of aromatic nitrogens is 2. The number of fused-ring (bicyclic) bond motifs is 6. The van der Waals surface area contributed by atoms with E-state index in [1.54, 1.807) is 0 Å². The minimum atomic E-state index is -2.07. The van der Waals surface area contributed by atoms with Gasteiger partial charge in [0.05, 0.1) is 62.8 Å². The van der Waals surface area contributed by atoms with Crippen LogP contribution in [0.25, 0.3) is 77.2 Å². The van der Waals surface area contributed by atoms with Gasteiger partial charge < -0.3 is 35.4 Å². The quantitative estimate of drug-likeness (QED) is 0.0267. The molecule has 0 unspecified atom stereocenters. The molecule has 119 heavy (non-hydrogen) atoms. The van der Waals surface area contributed by atoms with Gasteiger partial charge in [-0.1, -0.05) is 384 Å². The number of hydrogen-bond donors (Lipinski definition) is 2. The monoisotopic (exact) mass is 1690 g/mol. The molecule has 0 aliphatic carbocycles. The van der Waals surface area contributed by atoms with E-state index in [-0.39, 0.29) is 80.7 Å². The molecule has 0 amide bonds. The predicted molar refractivity (Wildman–Crippen MR) is 529 cm³/mol. The number of hydrogen-bond acceptors (Lipinski definition) is 4. The van der Waals surface area contributed by atoms with E-state index < -0.39 is 24.2 Å². The minimum Gasteiger partial charge on any atom is -0.505 e. The zero-order chi connectivity index (χ0) is 87.8. The Labute approximate surface area is 746 Å². The van der Waals surface area contributed by atoms with Crippen LogP contribution in [0, 0.1) is 31.2 Å². The molecule has 0 bridgehead atoms. The summed E-state index contributed by atoms with van der Waals surface area (Å²) < 4.78 is 19.7. The molecule has 2 aromatic heterocycles. The van der Waals surface area contributed by atoms with Gasteiger partial charge in [0, 0.05) is 76.1 Å². The van der Waals surface area contributed by atoms with E-state index in [9.17, 15) is 10.2 Å². The second kappa shape index (κ2) is 37.9. The van der Waals surface area contributed by atoms with Crippen molar-refractivity contribution in [2.45, 2.75) is 367 Å². The van der Waals surface area contributed by atoms with E-state index in [0.717, 1.165) is 91.2 Å². The van der Waals surface area contributed by atoms with Crippen LogP contribution in [0.2, 0.25) is 57.9 Å². The maximum Gasteiger partial charge on any atom is 0.147 e. The summed E-state index contributed by atoms with van der Waals surface area (Å²) in [5.74, 6) is 2.12. The van der Waals surface area contributed by atoms with E-state index in [2.05, 4.69) is 363 Å². The SMILES string of the molecule is CCCCCCCC[Si](C)(C)c1cc(C)c(OCCCOc2c(C)cc([Si](C)(C)CCCCCCCC)cc2-c2cc(C(C)(C)CC(C)(C)C)cc(-n3c4cc(C(C)(C)C)ccc4c4ccc(C(C)(C)C)cc43)c2O)c(-c2cc(C(C)(C)CC(C)(C)C)cc(-n3c4cc(C(C)(C)C)ccc4c4ccc(C(C)(C)C)cc43)c2O)c1.[CH2-][Si](C)(C)C.[Sc]. The van der Waals surface area contributed by atoms with E-state index in [0.29, 0.717) is 19.6 Å². The van der Waals surface area contributed by atoms with Crippen molar-refractivity contribution in [2.24, 2.45) is 10.8 Å². The fourth-order valence-corrected chi connectivity index (χ4v) is 23.7. The summed E-state index contributed by atoms with van der Waals surface area (Å²) in [6.07, 6.45) is 17.6. The number of unbranched alkanes of at least 4 members (excludes halogenated alkanes) is 10. The normalized spacial score (nSPS) is 13.3. The van der Waals surface area contributed by atoms with Crippen molar-refractivity contribution in [2.75, 3.05) is 13.2 Å². The summed E-state index contributed by atoms with van der Waals surface area (Å²) in [5.41, 5.74) is 17.9. The number of phenols is 2. The van der Waals surface area contributed by atoms with Crippen LogP contribution < -0.4 is 19.8 Å². The summed E-state index contributed by atoms with van der Waals surface area (Å²) in [6, 6.07) is 49.5. The van der Waals surface area contributed by atoms with Gasteiger partial charge in [-0.3, -0.25) is 0 Å². The molecule has 10 rings (SSSR count). The third-order valence-electron chi connectivity index (χ3n) is 25.0. The average molecular weight is 1690 g/mol. The Kier molecular flexibility index (Phi) is 31.4. The number of aromatic hydroxyl groups is 2. The molecule has 2 N–H and O–H groups in total. The van der Waals surface area contributed by atoms with E-state index >= 15 is 0 Å². The summed E-state index contributed by atoms with van der Waals surface area (Å²) in [5, 5.41) is 35.4. The molecule has 10 heteroatoms. The second-order valence-electron chi connectivity index (χ2n) is 46.4. The van der Waals surface area contributed by atoms with Gasteiger partial charge in [-0.2, -0.15) is 0 Å². The van der Waals surface area contributed by atoms with Crippen molar-refractivity contribution in [1.82, 2.24) is 9.13 Å². The van der Waals surface area contributed by atoms with Crippen molar-refractivity contribution in [3.8, 4) is 56.6 Å². The summed E-state index contributed by atoms with van der Waals surface area (Å²) in [4.78, 5) is 0. The Morgan fingerprint density at radius 1 is 0.336 bits per heavy atom. The number of benzene rings is 8. The zero-order valence-electron chi connectivity index (χ0n) is 81.4. The molecule has 1 radical (unpaired) electrons. The Morgan fingerprint density at radius 3 is 0.866 bits per heavy atom. The smallest absolute Gasteiger partial charge is 0.147 e. The maximum atomic E-state index is 14.0. The first kappa shape index (κ1) is 98.5. The van der Waals surface area contributed by atoms with E-state index in [1.807, 2.05) is 0 Å². The fraction of sp³-hybridized carbons (Fsp3) is 0.550. The fourth-order valence-electron chi connectivity index (χ4n) is 18.6. The van der Waals surface area contributed by atoms with Gasteiger partial charge in [0.25, 0.3) is 0 Å². The van der Waals surface area contributed by atoms with Crippen LogP contribution in [0.1, 0.15) is 307 Å². The van der Waals surface area contributed by atoms with Gasteiger partial charge in [-0.25, -0.2) is 0 Å². The summed E-state index contributed by atoms with van der Waals surface area (Å²) in [6.45, 7) is 81.9. The molecule has 10 aromatic rings. The van der Waals surface area contributed by atoms with Crippen LogP contribution in [0.3, 0.4) is 0 Å². The topological polar surface area (TPSA) is 68.8 Å². The standard InChI is InChI=1S/C105H150N2O4Si2.C4H11Si.Sc/c1-31-33-35-37-39-41-54-112(27,28)78-56-70(3)96(86(66-78)84-58-76(104(23,24)68-98(5,6)7)64-92(94(84)108)106-88-60-72(100(11,12)13)44-48-80(88)81-49-45-73(61-89(81)106)101(14,15)16)110-52-43-53-111-97-71(4)57-79(113(29,30)55-42-40-38-36-34-32-2)67-87(97)85-59-77(105(25,26)69-99(8,9)10)65-93(95(85)109)107-90-62-74(102(17,18)19)46-50-82(90)83-51-47-75(63-91(83)107)103(20,21)22;1-5(2,3)4;/h44-51,56-67,108-109H,31-43,52-55,68-69H2,1-30H3;1H2,2-4H3;/q;-1;. The maximum absolute atomic E-state index is 14.0. The molecule has 2 heterocycles. The number of nitrogens with zero attached hydrogens (tertiary/aromatic N) is 2. The van der Waals surface area contributed by atoms with Gasteiger partial charge >= 0.3 is 0 Å². The largest absolute Gasteiger partial charge is 0.505 e. The molecule has 0 saturated carbocycles. The summed E-state index contributed by atoms with van der Waals surface area (Å²) >= 11 is 0. The molecule has 0 aliphatic heterocycles. The molecule has 647 valence electrons. The average Bonchev–Trinajstić information content (AvgIpc) is 1.60. The Hall–Kier alpha value is -5.92. The molecular formula is C109H161N2O4ScSi3-. The molecule has 0 fully saturated rings. The van der Waals surface area contributed by atoms with Crippen LogP contribution in [0.4, 0.5) is 0 Å². The Bertz CT molecular complexity index is 4700. The number of rotatable bonds is 30. The summed E-state index contributed by atoms with van der Waals surface area (Å²) in [7, 11) is -5.01.